The Labute approximate surface area is 137 Å². The Morgan fingerprint density at radius 1 is 1.29 bits per heavy atom. The van der Waals surface area contributed by atoms with Crippen molar-refractivity contribution >= 4 is 28.4 Å². The van der Waals surface area contributed by atoms with E-state index in [1.54, 1.807) is 0 Å². The van der Waals surface area contributed by atoms with E-state index in [-0.39, 0.29) is 23.3 Å². The van der Waals surface area contributed by atoms with Crippen molar-refractivity contribution in [3.8, 4) is 6.07 Å². The van der Waals surface area contributed by atoms with Gasteiger partial charge >= 0.3 is 6.18 Å². The first-order chi connectivity index (χ1) is 11.5. The third kappa shape index (κ3) is 2.88. The SMILES string of the molecule is N#Cc1ccc2nc(SCCCO)c3nnc(C(F)(F)F)n3c2c1. The molecule has 0 bridgehead atoms. The fraction of sp³-hybridized carbons (Fsp3) is 0.286. The minimum absolute atomic E-state index is 0.0205. The lowest BCUT2D eigenvalue weighted by molar-refractivity contribution is -0.145. The molecule has 2 aromatic heterocycles. The molecular formula is C14H10F3N5OS. The van der Waals surface area contributed by atoms with Gasteiger partial charge in [0.05, 0.1) is 22.7 Å². The third-order valence-electron chi connectivity index (χ3n) is 3.22. The summed E-state index contributed by atoms with van der Waals surface area (Å²) in [6, 6.07) is 6.20. The molecule has 0 spiro atoms. The van der Waals surface area contributed by atoms with E-state index >= 15 is 0 Å². The van der Waals surface area contributed by atoms with Crippen molar-refractivity contribution in [2.45, 2.75) is 17.6 Å². The number of aliphatic hydroxyl groups is 1. The summed E-state index contributed by atoms with van der Waals surface area (Å²) in [6.45, 7) is -0.0249. The maximum atomic E-state index is 13.3. The molecule has 0 atom stereocenters. The Kier molecular flexibility index (Phi) is 4.29. The van der Waals surface area contributed by atoms with Gasteiger partial charge in [-0.25, -0.2) is 4.98 Å². The summed E-state index contributed by atoms with van der Waals surface area (Å²) in [5.41, 5.74) is 0.618. The maximum absolute atomic E-state index is 13.3. The Balaban J connectivity index is 2.31. The van der Waals surface area contributed by atoms with Gasteiger partial charge in [-0.15, -0.1) is 22.0 Å². The Bertz CT molecular complexity index is 947. The molecule has 24 heavy (non-hydrogen) atoms. The van der Waals surface area contributed by atoms with E-state index in [1.165, 1.54) is 30.0 Å². The van der Waals surface area contributed by atoms with Gasteiger partial charge in [-0.05, 0) is 24.6 Å². The summed E-state index contributed by atoms with van der Waals surface area (Å²) in [5.74, 6) is -0.682. The molecule has 0 amide bonds. The average molecular weight is 353 g/mol. The molecule has 0 aliphatic rings. The van der Waals surface area contributed by atoms with Crippen LogP contribution in [0, 0.1) is 11.3 Å². The van der Waals surface area contributed by atoms with E-state index in [1.807, 2.05) is 6.07 Å². The summed E-state index contributed by atoms with van der Waals surface area (Å²) in [7, 11) is 0. The average Bonchev–Trinajstić information content (AvgIpc) is 3.00. The van der Waals surface area contributed by atoms with Gasteiger partial charge in [0, 0.05) is 12.4 Å². The van der Waals surface area contributed by atoms with E-state index < -0.39 is 12.0 Å². The summed E-state index contributed by atoms with van der Waals surface area (Å²) >= 11 is 1.20. The number of nitrogens with zero attached hydrogens (tertiary/aromatic N) is 5. The van der Waals surface area contributed by atoms with Gasteiger partial charge in [-0.3, -0.25) is 4.40 Å². The van der Waals surface area contributed by atoms with Crippen LogP contribution in [0.3, 0.4) is 0 Å². The zero-order valence-electron chi connectivity index (χ0n) is 12.1. The standard InChI is InChI=1S/C14H10F3N5OS/c15-14(16,17)13-21-20-11-12(24-5-1-4-23)19-9-3-2-8(7-18)6-10(9)22(11)13/h2-3,6,23H,1,4-5H2. The molecule has 0 saturated heterocycles. The molecule has 2 heterocycles. The number of fused-ring (bicyclic) bond motifs is 3. The number of hydrogen-bond donors (Lipinski definition) is 1. The molecule has 6 nitrogen and oxygen atoms in total. The quantitative estimate of drug-likeness (QED) is 0.573. The van der Waals surface area contributed by atoms with Crippen molar-refractivity contribution in [3.05, 3.63) is 29.6 Å². The molecule has 0 aliphatic carbocycles. The van der Waals surface area contributed by atoms with Crippen LogP contribution in [-0.2, 0) is 6.18 Å². The van der Waals surface area contributed by atoms with Gasteiger partial charge in [0.25, 0.3) is 0 Å². The van der Waals surface area contributed by atoms with E-state index in [0.29, 0.717) is 22.7 Å². The first kappa shape index (κ1) is 16.5. The molecule has 10 heteroatoms. The van der Waals surface area contributed by atoms with E-state index in [2.05, 4.69) is 15.2 Å². The van der Waals surface area contributed by atoms with Gasteiger partial charge in [-0.1, -0.05) is 0 Å². The molecule has 3 aromatic rings. The van der Waals surface area contributed by atoms with Crippen LogP contribution >= 0.6 is 11.8 Å². The number of thioether (sulfide) groups is 1. The summed E-state index contributed by atoms with van der Waals surface area (Å²) in [5, 5.41) is 25.0. The second-order valence-electron chi connectivity index (χ2n) is 4.84. The number of benzene rings is 1. The Hall–Kier alpha value is -2.38. The predicted octanol–water partition coefficient (Wildman–Crippen LogP) is 2.64. The van der Waals surface area contributed by atoms with Crippen LogP contribution in [0.25, 0.3) is 16.7 Å². The number of nitriles is 1. The lowest BCUT2D eigenvalue weighted by Gasteiger charge is -2.10. The highest BCUT2D eigenvalue weighted by Crippen LogP contribution is 2.33. The molecule has 1 aromatic carbocycles. The molecule has 3 rings (SSSR count). The first-order valence-electron chi connectivity index (χ1n) is 6.85. The van der Waals surface area contributed by atoms with Crippen molar-refractivity contribution in [2.24, 2.45) is 0 Å². The van der Waals surface area contributed by atoms with E-state index in [4.69, 9.17) is 10.4 Å². The number of aliphatic hydroxyl groups excluding tert-OH is 1. The number of rotatable bonds is 4. The highest BCUT2D eigenvalue weighted by Gasteiger charge is 2.38. The fourth-order valence-corrected chi connectivity index (χ4v) is 3.08. The minimum Gasteiger partial charge on any atom is -0.396 e. The second kappa shape index (κ2) is 6.26. The smallest absolute Gasteiger partial charge is 0.396 e. The minimum atomic E-state index is -4.69. The number of alkyl halides is 3. The van der Waals surface area contributed by atoms with Gasteiger partial charge in [0.2, 0.25) is 5.82 Å². The Morgan fingerprint density at radius 2 is 2.08 bits per heavy atom. The normalized spacial score (nSPS) is 12.0. The van der Waals surface area contributed by atoms with Crippen LogP contribution in [0.15, 0.2) is 23.2 Å². The molecule has 1 N–H and O–H groups in total. The molecule has 0 aliphatic heterocycles. The van der Waals surface area contributed by atoms with Crippen LogP contribution in [0.1, 0.15) is 17.8 Å². The van der Waals surface area contributed by atoms with Crippen LogP contribution in [0.5, 0.6) is 0 Å². The molecule has 0 radical (unpaired) electrons. The van der Waals surface area contributed by atoms with Gasteiger partial charge in [-0.2, -0.15) is 18.4 Å². The number of halogens is 3. The third-order valence-corrected chi connectivity index (χ3v) is 4.26. The number of aromatic nitrogens is 4. The lowest BCUT2D eigenvalue weighted by Crippen LogP contribution is -2.12. The second-order valence-corrected chi connectivity index (χ2v) is 5.92. The largest absolute Gasteiger partial charge is 0.452 e. The maximum Gasteiger partial charge on any atom is 0.452 e. The molecular weight excluding hydrogens is 343 g/mol. The van der Waals surface area contributed by atoms with Gasteiger partial charge < -0.3 is 5.11 Å². The highest BCUT2D eigenvalue weighted by atomic mass is 32.2. The topological polar surface area (TPSA) is 87.1 Å². The molecule has 0 saturated carbocycles. The summed E-state index contributed by atoms with van der Waals surface area (Å²) < 4.78 is 40.6. The number of hydrogen-bond acceptors (Lipinski definition) is 6. The zero-order valence-corrected chi connectivity index (χ0v) is 12.9. The van der Waals surface area contributed by atoms with E-state index in [9.17, 15) is 13.2 Å². The van der Waals surface area contributed by atoms with Gasteiger partial charge in [0.1, 0.15) is 5.03 Å². The zero-order chi connectivity index (χ0) is 17.3. The van der Waals surface area contributed by atoms with Crippen LogP contribution in [0.4, 0.5) is 13.2 Å². The van der Waals surface area contributed by atoms with Crippen LogP contribution in [-0.4, -0.2) is 37.0 Å². The monoisotopic (exact) mass is 353 g/mol. The van der Waals surface area contributed by atoms with E-state index in [0.717, 1.165) is 4.40 Å². The van der Waals surface area contributed by atoms with Crippen molar-refractivity contribution in [2.75, 3.05) is 12.4 Å². The van der Waals surface area contributed by atoms with Crippen molar-refractivity contribution in [3.63, 3.8) is 0 Å². The predicted molar refractivity (Wildman–Crippen MR) is 80.4 cm³/mol. The van der Waals surface area contributed by atoms with Crippen molar-refractivity contribution in [1.82, 2.24) is 19.6 Å². The van der Waals surface area contributed by atoms with Crippen molar-refractivity contribution < 1.29 is 18.3 Å². The summed E-state index contributed by atoms with van der Waals surface area (Å²) in [6.07, 6.45) is -4.21. The lowest BCUT2D eigenvalue weighted by atomic mass is 10.2. The van der Waals surface area contributed by atoms with Crippen LogP contribution in [0.2, 0.25) is 0 Å². The molecule has 0 unspecified atom stereocenters. The van der Waals surface area contributed by atoms with Crippen molar-refractivity contribution in [1.29, 1.82) is 5.26 Å². The summed E-state index contributed by atoms with van der Waals surface area (Å²) in [4.78, 5) is 4.33. The Morgan fingerprint density at radius 3 is 2.75 bits per heavy atom. The first-order valence-corrected chi connectivity index (χ1v) is 7.84. The van der Waals surface area contributed by atoms with Gasteiger partial charge in [0.15, 0.2) is 5.65 Å². The molecule has 0 fully saturated rings. The highest BCUT2D eigenvalue weighted by molar-refractivity contribution is 7.99. The molecule has 124 valence electrons. The fourth-order valence-electron chi connectivity index (χ4n) is 2.19. The van der Waals surface area contributed by atoms with Crippen LogP contribution < -0.4 is 0 Å².